The van der Waals surface area contributed by atoms with E-state index in [1.807, 2.05) is 0 Å². The Bertz CT molecular complexity index is 358. The number of hydrogen-bond donors (Lipinski definition) is 0. The van der Waals surface area contributed by atoms with Crippen molar-refractivity contribution in [3.8, 4) is 11.6 Å². The molecule has 0 bridgehead atoms. The summed E-state index contributed by atoms with van der Waals surface area (Å²) in [7, 11) is 0. The number of hydrogen-bond acceptors (Lipinski definition) is 4. The van der Waals surface area contributed by atoms with Gasteiger partial charge in [0.05, 0.1) is 6.20 Å². The molecule has 1 aliphatic rings. The molecule has 0 spiro atoms. The fraction of sp³-hybridized carbons (Fsp3) is 0.636. The molecular formula is C11H16N2O2. The van der Waals surface area contributed by atoms with Gasteiger partial charge in [0, 0.05) is 6.42 Å². The minimum atomic E-state index is 0.184. The van der Waals surface area contributed by atoms with Gasteiger partial charge >= 0.3 is 0 Å². The summed E-state index contributed by atoms with van der Waals surface area (Å²) in [6.07, 6.45) is 2.53. The molecule has 1 aromatic heterocycles. The maximum absolute atomic E-state index is 5.40. The van der Waals surface area contributed by atoms with Crippen molar-refractivity contribution in [3.63, 3.8) is 0 Å². The minimum Gasteiger partial charge on any atom is -0.483 e. The Morgan fingerprint density at radius 1 is 1.27 bits per heavy atom. The molecule has 0 saturated heterocycles. The number of aromatic nitrogens is 2. The molecule has 0 N–H and O–H groups in total. The van der Waals surface area contributed by atoms with Gasteiger partial charge in [-0.2, -0.15) is 4.98 Å². The quantitative estimate of drug-likeness (QED) is 0.706. The van der Waals surface area contributed by atoms with Crippen LogP contribution in [-0.4, -0.2) is 23.2 Å². The van der Waals surface area contributed by atoms with Crippen molar-refractivity contribution >= 4 is 0 Å². The van der Waals surface area contributed by atoms with Crippen LogP contribution in [-0.2, 0) is 6.42 Å². The Morgan fingerprint density at radius 3 is 2.73 bits per heavy atom. The van der Waals surface area contributed by atoms with Crippen LogP contribution >= 0.6 is 0 Å². The Kier molecular flexibility index (Phi) is 2.50. The zero-order chi connectivity index (χ0) is 10.9. The minimum absolute atomic E-state index is 0.184. The molecule has 0 aromatic carbocycles. The molecule has 0 fully saturated rings. The van der Waals surface area contributed by atoms with Crippen LogP contribution in [0.3, 0.4) is 0 Å². The monoisotopic (exact) mass is 208 g/mol. The van der Waals surface area contributed by atoms with Crippen LogP contribution in [0, 0.1) is 5.41 Å². The summed E-state index contributed by atoms with van der Waals surface area (Å²) < 4.78 is 10.8. The van der Waals surface area contributed by atoms with Gasteiger partial charge in [-0.15, -0.1) is 0 Å². The predicted molar refractivity (Wildman–Crippen MR) is 56.2 cm³/mol. The maximum Gasteiger partial charge on any atom is 0.260 e. The fourth-order valence-electron chi connectivity index (χ4n) is 1.44. The molecule has 1 aromatic rings. The lowest BCUT2D eigenvalue weighted by Gasteiger charge is -2.20. The molecule has 2 heterocycles. The van der Waals surface area contributed by atoms with Crippen molar-refractivity contribution in [3.05, 3.63) is 12.0 Å². The van der Waals surface area contributed by atoms with Gasteiger partial charge in [-0.1, -0.05) is 20.8 Å². The molecule has 0 radical (unpaired) electrons. The molecular weight excluding hydrogens is 192 g/mol. The number of ether oxygens (including phenoxy) is 2. The number of rotatable bonds is 1. The molecule has 0 saturated carbocycles. The van der Waals surface area contributed by atoms with E-state index < -0.39 is 0 Å². The summed E-state index contributed by atoms with van der Waals surface area (Å²) in [5, 5.41) is 0. The molecule has 4 nitrogen and oxygen atoms in total. The fourth-order valence-corrected chi connectivity index (χ4v) is 1.44. The first kappa shape index (κ1) is 10.2. The summed E-state index contributed by atoms with van der Waals surface area (Å²) in [6, 6.07) is 0. The number of fused-ring (bicyclic) bond motifs is 1. The van der Waals surface area contributed by atoms with Crippen LogP contribution in [0.15, 0.2) is 6.20 Å². The first-order chi connectivity index (χ1) is 7.04. The summed E-state index contributed by atoms with van der Waals surface area (Å²) in [6.45, 7) is 7.63. The van der Waals surface area contributed by atoms with Crippen LogP contribution in [0.1, 0.15) is 26.6 Å². The highest BCUT2D eigenvalue weighted by Crippen LogP contribution is 2.27. The Hall–Kier alpha value is -1.32. The first-order valence-electron chi connectivity index (χ1n) is 5.16. The van der Waals surface area contributed by atoms with E-state index in [2.05, 4.69) is 30.7 Å². The van der Waals surface area contributed by atoms with Crippen molar-refractivity contribution in [1.82, 2.24) is 9.97 Å². The summed E-state index contributed by atoms with van der Waals surface area (Å²) >= 11 is 0. The van der Waals surface area contributed by atoms with E-state index in [0.717, 1.165) is 12.2 Å². The molecule has 0 unspecified atom stereocenters. The van der Waals surface area contributed by atoms with Gasteiger partial charge in [-0.05, 0) is 5.41 Å². The summed E-state index contributed by atoms with van der Waals surface area (Å²) in [4.78, 5) is 8.60. The second kappa shape index (κ2) is 3.68. The van der Waals surface area contributed by atoms with Gasteiger partial charge in [0.1, 0.15) is 19.0 Å². The third-order valence-corrected chi connectivity index (χ3v) is 2.04. The van der Waals surface area contributed by atoms with E-state index in [1.165, 1.54) is 0 Å². The van der Waals surface area contributed by atoms with E-state index >= 15 is 0 Å². The largest absolute Gasteiger partial charge is 0.483 e. The molecule has 82 valence electrons. The highest BCUT2D eigenvalue weighted by molar-refractivity contribution is 5.32. The van der Waals surface area contributed by atoms with Gasteiger partial charge in [0.2, 0.25) is 0 Å². The van der Waals surface area contributed by atoms with E-state index in [9.17, 15) is 0 Å². The van der Waals surface area contributed by atoms with Gasteiger partial charge < -0.3 is 9.47 Å². The van der Waals surface area contributed by atoms with Crippen molar-refractivity contribution in [1.29, 1.82) is 0 Å². The Balaban J connectivity index is 2.21. The third-order valence-electron chi connectivity index (χ3n) is 2.04. The maximum atomic E-state index is 5.40. The highest BCUT2D eigenvalue weighted by atomic mass is 16.6. The second-order valence-electron chi connectivity index (χ2n) is 4.89. The predicted octanol–water partition coefficient (Wildman–Crippen LogP) is 1.84. The highest BCUT2D eigenvalue weighted by Gasteiger charge is 2.18. The number of nitrogens with zero attached hydrogens (tertiary/aromatic N) is 2. The molecule has 4 heteroatoms. The molecule has 0 atom stereocenters. The molecule has 0 aliphatic carbocycles. The molecule has 0 amide bonds. The van der Waals surface area contributed by atoms with Crippen LogP contribution in [0.2, 0.25) is 0 Å². The lowest BCUT2D eigenvalue weighted by atomic mass is 9.92. The normalized spacial score (nSPS) is 15.1. The third kappa shape index (κ3) is 2.58. The lowest BCUT2D eigenvalue weighted by Crippen LogP contribution is -2.18. The van der Waals surface area contributed by atoms with Crippen molar-refractivity contribution < 1.29 is 9.47 Å². The van der Waals surface area contributed by atoms with E-state index in [-0.39, 0.29) is 5.41 Å². The van der Waals surface area contributed by atoms with Gasteiger partial charge in [-0.3, -0.25) is 0 Å². The molecule has 15 heavy (non-hydrogen) atoms. The van der Waals surface area contributed by atoms with Gasteiger partial charge in [-0.25, -0.2) is 4.98 Å². The average Bonchev–Trinajstić information content (AvgIpc) is 2.15. The lowest BCUT2D eigenvalue weighted by molar-refractivity contribution is 0.162. The van der Waals surface area contributed by atoms with Crippen LogP contribution < -0.4 is 9.47 Å². The van der Waals surface area contributed by atoms with Gasteiger partial charge in [0.25, 0.3) is 5.88 Å². The Labute approximate surface area is 89.6 Å². The van der Waals surface area contributed by atoms with E-state index in [0.29, 0.717) is 24.8 Å². The molecule has 2 rings (SSSR count). The van der Waals surface area contributed by atoms with E-state index in [1.54, 1.807) is 6.20 Å². The van der Waals surface area contributed by atoms with Crippen molar-refractivity contribution in [2.24, 2.45) is 5.41 Å². The zero-order valence-corrected chi connectivity index (χ0v) is 9.41. The topological polar surface area (TPSA) is 44.2 Å². The Morgan fingerprint density at radius 2 is 2.00 bits per heavy atom. The van der Waals surface area contributed by atoms with E-state index in [4.69, 9.17) is 9.47 Å². The van der Waals surface area contributed by atoms with Crippen LogP contribution in [0.4, 0.5) is 0 Å². The van der Waals surface area contributed by atoms with Crippen molar-refractivity contribution in [2.75, 3.05) is 13.2 Å². The van der Waals surface area contributed by atoms with Gasteiger partial charge in [0.15, 0.2) is 5.75 Å². The van der Waals surface area contributed by atoms with Crippen molar-refractivity contribution in [2.45, 2.75) is 27.2 Å². The first-order valence-corrected chi connectivity index (χ1v) is 5.16. The average molecular weight is 208 g/mol. The second-order valence-corrected chi connectivity index (χ2v) is 4.89. The molecule has 1 aliphatic heterocycles. The van der Waals surface area contributed by atoms with Crippen LogP contribution in [0.5, 0.6) is 11.6 Å². The van der Waals surface area contributed by atoms with Crippen LogP contribution in [0.25, 0.3) is 0 Å². The summed E-state index contributed by atoms with van der Waals surface area (Å²) in [5.41, 5.74) is 0.184. The smallest absolute Gasteiger partial charge is 0.260 e. The standard InChI is InChI=1S/C11H16N2O2/c1-11(2,3)6-9-12-7-8-10(13-9)15-5-4-14-8/h7H,4-6H2,1-3H3. The SMILES string of the molecule is CC(C)(C)Cc1ncc2c(n1)OCCO2. The summed E-state index contributed by atoms with van der Waals surface area (Å²) in [5.74, 6) is 2.04. The zero-order valence-electron chi connectivity index (χ0n) is 9.41.